The first kappa shape index (κ1) is 16.6. The van der Waals surface area contributed by atoms with Crippen molar-refractivity contribution < 1.29 is 4.74 Å². The molecule has 3 heteroatoms. The van der Waals surface area contributed by atoms with Crippen molar-refractivity contribution in [3.63, 3.8) is 0 Å². The highest BCUT2D eigenvalue weighted by atomic mass is 16.5. The molecular weight excluding hydrogens is 248 g/mol. The van der Waals surface area contributed by atoms with E-state index in [1.807, 2.05) is 12.1 Å². The van der Waals surface area contributed by atoms with Crippen LogP contribution in [0.3, 0.4) is 0 Å². The molecule has 0 aromatic heterocycles. The van der Waals surface area contributed by atoms with Gasteiger partial charge in [0.2, 0.25) is 0 Å². The molecule has 0 saturated carbocycles. The third-order valence-corrected chi connectivity index (χ3v) is 3.94. The first-order valence-electron chi connectivity index (χ1n) is 7.01. The molecule has 0 saturated heterocycles. The van der Waals surface area contributed by atoms with Gasteiger partial charge in [0, 0.05) is 17.6 Å². The van der Waals surface area contributed by atoms with Gasteiger partial charge in [0.15, 0.2) is 0 Å². The molecule has 0 fully saturated rings. The molecule has 1 aromatic carbocycles. The molecule has 0 aliphatic rings. The lowest BCUT2D eigenvalue weighted by molar-refractivity contribution is 0.143. The van der Waals surface area contributed by atoms with Crippen LogP contribution in [-0.2, 0) is 6.54 Å². The third kappa shape index (κ3) is 4.26. The average molecular weight is 274 g/mol. The first-order valence-corrected chi connectivity index (χ1v) is 7.01. The summed E-state index contributed by atoms with van der Waals surface area (Å²) in [4.78, 5) is 2.34. The van der Waals surface area contributed by atoms with Crippen LogP contribution >= 0.6 is 0 Å². The number of methoxy groups -OCH3 is 1. The summed E-state index contributed by atoms with van der Waals surface area (Å²) in [5, 5.41) is 0. The van der Waals surface area contributed by atoms with Gasteiger partial charge in [-0.2, -0.15) is 0 Å². The standard InChI is InChI=1S/C17H26N2O/c1-6-17(2,3)19(4)13-15-12-16(20-5)10-9-14(15)8-7-11-18/h9-10,12H,6,11,13,18H2,1-5H3. The highest BCUT2D eigenvalue weighted by Crippen LogP contribution is 2.23. The van der Waals surface area contributed by atoms with Gasteiger partial charge in [-0.1, -0.05) is 18.8 Å². The van der Waals surface area contributed by atoms with Crippen molar-refractivity contribution in [2.45, 2.75) is 39.3 Å². The maximum atomic E-state index is 5.47. The molecule has 0 amide bonds. The van der Waals surface area contributed by atoms with Gasteiger partial charge in [-0.25, -0.2) is 0 Å². The van der Waals surface area contributed by atoms with Crippen molar-refractivity contribution in [2.75, 3.05) is 20.7 Å². The number of benzene rings is 1. The highest BCUT2D eigenvalue weighted by molar-refractivity contribution is 5.45. The monoisotopic (exact) mass is 274 g/mol. The molecule has 0 bridgehead atoms. The van der Waals surface area contributed by atoms with Crippen LogP contribution in [0.25, 0.3) is 0 Å². The van der Waals surface area contributed by atoms with Gasteiger partial charge in [0.25, 0.3) is 0 Å². The van der Waals surface area contributed by atoms with Crippen LogP contribution in [0, 0.1) is 11.8 Å². The summed E-state index contributed by atoms with van der Waals surface area (Å²) in [7, 11) is 3.83. The Hall–Kier alpha value is -1.50. The summed E-state index contributed by atoms with van der Waals surface area (Å²) < 4.78 is 5.32. The SMILES string of the molecule is CCC(C)(C)N(C)Cc1cc(OC)ccc1C#CCN. The fourth-order valence-electron chi connectivity index (χ4n) is 1.84. The summed E-state index contributed by atoms with van der Waals surface area (Å²) in [6.45, 7) is 7.92. The van der Waals surface area contributed by atoms with E-state index in [4.69, 9.17) is 10.5 Å². The van der Waals surface area contributed by atoms with Crippen LogP contribution < -0.4 is 10.5 Å². The molecular formula is C17H26N2O. The van der Waals surface area contributed by atoms with Gasteiger partial charge in [-0.05, 0) is 51.1 Å². The van der Waals surface area contributed by atoms with Crippen LogP contribution in [0.15, 0.2) is 18.2 Å². The predicted molar refractivity (Wildman–Crippen MR) is 84.8 cm³/mol. The summed E-state index contributed by atoms with van der Waals surface area (Å²) in [6.07, 6.45) is 1.09. The van der Waals surface area contributed by atoms with Crippen molar-refractivity contribution >= 4 is 0 Å². The van der Waals surface area contributed by atoms with Crippen LogP contribution in [0.4, 0.5) is 0 Å². The summed E-state index contributed by atoms with van der Waals surface area (Å²) in [5.41, 5.74) is 7.82. The van der Waals surface area contributed by atoms with Crippen molar-refractivity contribution in [1.82, 2.24) is 4.90 Å². The molecule has 2 N–H and O–H groups in total. The Bertz CT molecular complexity index is 497. The topological polar surface area (TPSA) is 38.5 Å². The van der Waals surface area contributed by atoms with Gasteiger partial charge in [-0.3, -0.25) is 4.90 Å². The fraction of sp³-hybridized carbons (Fsp3) is 0.529. The highest BCUT2D eigenvalue weighted by Gasteiger charge is 2.21. The van der Waals surface area contributed by atoms with E-state index >= 15 is 0 Å². The fourth-order valence-corrected chi connectivity index (χ4v) is 1.84. The summed E-state index contributed by atoms with van der Waals surface area (Å²) in [6, 6.07) is 6.00. The summed E-state index contributed by atoms with van der Waals surface area (Å²) in [5.74, 6) is 6.93. The molecule has 0 unspecified atom stereocenters. The predicted octanol–water partition coefficient (Wildman–Crippen LogP) is 2.63. The van der Waals surface area contributed by atoms with Crippen LogP contribution in [0.2, 0.25) is 0 Å². The van der Waals surface area contributed by atoms with E-state index in [0.717, 1.165) is 24.3 Å². The van der Waals surface area contributed by atoms with Crippen molar-refractivity contribution in [3.05, 3.63) is 29.3 Å². The Morgan fingerprint density at radius 2 is 2.05 bits per heavy atom. The Labute approximate surface area is 123 Å². The van der Waals surface area contributed by atoms with Gasteiger partial charge in [-0.15, -0.1) is 0 Å². The quantitative estimate of drug-likeness (QED) is 0.839. The second-order valence-electron chi connectivity index (χ2n) is 5.55. The summed E-state index contributed by atoms with van der Waals surface area (Å²) >= 11 is 0. The second kappa shape index (κ2) is 7.33. The Morgan fingerprint density at radius 1 is 1.35 bits per heavy atom. The molecule has 0 aliphatic carbocycles. The molecule has 1 rings (SSSR count). The maximum Gasteiger partial charge on any atom is 0.119 e. The lowest BCUT2D eigenvalue weighted by atomic mass is 9.98. The first-order chi connectivity index (χ1) is 9.44. The van der Waals surface area contributed by atoms with Crippen molar-refractivity contribution in [2.24, 2.45) is 5.73 Å². The number of nitrogens with two attached hydrogens (primary N) is 1. The van der Waals surface area contributed by atoms with Gasteiger partial charge in [0.1, 0.15) is 5.75 Å². The van der Waals surface area contributed by atoms with Crippen LogP contribution in [0.5, 0.6) is 5.75 Å². The third-order valence-electron chi connectivity index (χ3n) is 3.94. The average Bonchev–Trinajstić information content (AvgIpc) is 2.45. The lowest BCUT2D eigenvalue weighted by Crippen LogP contribution is -2.39. The zero-order chi connectivity index (χ0) is 15.2. The minimum Gasteiger partial charge on any atom is -0.497 e. The smallest absolute Gasteiger partial charge is 0.119 e. The zero-order valence-corrected chi connectivity index (χ0v) is 13.3. The Morgan fingerprint density at radius 3 is 2.60 bits per heavy atom. The maximum absolute atomic E-state index is 5.47. The molecule has 110 valence electrons. The van der Waals surface area contributed by atoms with Gasteiger partial charge in [0.05, 0.1) is 13.7 Å². The lowest BCUT2D eigenvalue weighted by Gasteiger charge is -2.35. The van der Waals surface area contributed by atoms with E-state index in [2.05, 4.69) is 50.6 Å². The number of ether oxygens (including phenoxy) is 1. The molecule has 1 aromatic rings. The molecule has 0 atom stereocenters. The van der Waals surface area contributed by atoms with Gasteiger partial charge >= 0.3 is 0 Å². The minimum absolute atomic E-state index is 0.154. The molecule has 3 nitrogen and oxygen atoms in total. The van der Waals surface area contributed by atoms with E-state index in [1.54, 1.807) is 7.11 Å². The number of hydrogen-bond donors (Lipinski definition) is 1. The van der Waals surface area contributed by atoms with Crippen molar-refractivity contribution in [3.8, 4) is 17.6 Å². The van der Waals surface area contributed by atoms with Crippen molar-refractivity contribution in [1.29, 1.82) is 0 Å². The van der Waals surface area contributed by atoms with Gasteiger partial charge < -0.3 is 10.5 Å². The molecule has 20 heavy (non-hydrogen) atoms. The van der Waals surface area contributed by atoms with E-state index < -0.39 is 0 Å². The molecule has 0 heterocycles. The molecule has 0 aliphatic heterocycles. The molecule has 0 radical (unpaired) electrons. The van der Waals surface area contributed by atoms with Crippen LogP contribution in [-0.4, -0.2) is 31.1 Å². The van der Waals surface area contributed by atoms with E-state index in [0.29, 0.717) is 6.54 Å². The largest absolute Gasteiger partial charge is 0.497 e. The Balaban J connectivity index is 3.07. The van der Waals surface area contributed by atoms with E-state index in [9.17, 15) is 0 Å². The van der Waals surface area contributed by atoms with E-state index in [1.165, 1.54) is 5.56 Å². The number of nitrogens with zero attached hydrogens (tertiary/aromatic N) is 1. The zero-order valence-electron chi connectivity index (χ0n) is 13.3. The second-order valence-corrected chi connectivity index (χ2v) is 5.55. The minimum atomic E-state index is 0.154. The molecule has 0 spiro atoms. The van der Waals surface area contributed by atoms with E-state index in [-0.39, 0.29) is 5.54 Å². The van der Waals surface area contributed by atoms with Crippen LogP contribution in [0.1, 0.15) is 38.3 Å². The number of rotatable bonds is 5. The number of hydrogen-bond acceptors (Lipinski definition) is 3. The Kier molecular flexibility index (Phi) is 6.06. The normalized spacial score (nSPS) is 11.2.